The van der Waals surface area contributed by atoms with Crippen LogP contribution >= 0.6 is 0 Å². The van der Waals surface area contributed by atoms with E-state index >= 15 is 0 Å². The van der Waals surface area contributed by atoms with Gasteiger partial charge in [-0.05, 0) is 13.8 Å². The first kappa shape index (κ1) is 7.32. The zero-order valence-electron chi connectivity index (χ0n) is 7.22. The van der Waals surface area contributed by atoms with Gasteiger partial charge in [0, 0.05) is 31.1 Å². The first-order valence-corrected chi connectivity index (χ1v) is 4.42. The van der Waals surface area contributed by atoms with Gasteiger partial charge in [-0.15, -0.1) is 0 Å². The van der Waals surface area contributed by atoms with Crippen molar-refractivity contribution >= 4 is 0 Å². The molecule has 0 aromatic carbocycles. The Balaban J connectivity index is 2.02. The van der Waals surface area contributed by atoms with Crippen LogP contribution in [0.5, 0.6) is 0 Å². The van der Waals surface area contributed by atoms with Crippen molar-refractivity contribution in [1.82, 2.24) is 10.6 Å². The van der Waals surface area contributed by atoms with Crippen LogP contribution in [0.4, 0.5) is 0 Å². The smallest absolute Gasteiger partial charge is 0.0273 e. The molecular formula is C9H16N2. The van der Waals surface area contributed by atoms with E-state index in [0.717, 1.165) is 18.0 Å². The van der Waals surface area contributed by atoms with Gasteiger partial charge >= 0.3 is 0 Å². The molecule has 0 aromatic heterocycles. The van der Waals surface area contributed by atoms with E-state index in [2.05, 4.69) is 30.6 Å². The summed E-state index contributed by atoms with van der Waals surface area (Å²) in [5.41, 5.74) is 1.54. The van der Waals surface area contributed by atoms with Crippen LogP contribution in [-0.2, 0) is 0 Å². The van der Waals surface area contributed by atoms with Gasteiger partial charge in [0.1, 0.15) is 0 Å². The molecule has 0 aromatic rings. The molecule has 62 valence electrons. The van der Waals surface area contributed by atoms with E-state index in [1.54, 1.807) is 0 Å². The second-order valence-corrected chi connectivity index (χ2v) is 3.59. The second-order valence-electron chi connectivity index (χ2n) is 3.59. The molecule has 2 aliphatic rings. The summed E-state index contributed by atoms with van der Waals surface area (Å²) in [6.07, 6.45) is 2.24. The summed E-state index contributed by atoms with van der Waals surface area (Å²) in [4.78, 5) is 0. The Hall–Kier alpha value is -0.340. The van der Waals surface area contributed by atoms with Gasteiger partial charge in [-0.1, -0.05) is 11.6 Å². The van der Waals surface area contributed by atoms with Crippen LogP contribution in [0, 0.1) is 5.92 Å². The van der Waals surface area contributed by atoms with E-state index in [9.17, 15) is 0 Å². The highest BCUT2D eigenvalue weighted by Crippen LogP contribution is 2.28. The predicted octanol–water partition coefficient (Wildman–Crippen LogP) is 0.512. The second kappa shape index (κ2) is 2.61. The number of rotatable bonds is 3. The Morgan fingerprint density at radius 1 is 1.36 bits per heavy atom. The van der Waals surface area contributed by atoms with Gasteiger partial charge in [-0.2, -0.15) is 0 Å². The average molecular weight is 152 g/mol. The predicted molar refractivity (Wildman–Crippen MR) is 46.5 cm³/mol. The highest BCUT2D eigenvalue weighted by Gasteiger charge is 2.41. The molecule has 0 spiro atoms. The number of nitrogens with one attached hydrogen (secondary N) is 2. The molecular weight excluding hydrogens is 136 g/mol. The van der Waals surface area contributed by atoms with Crippen molar-refractivity contribution in [2.75, 3.05) is 13.1 Å². The van der Waals surface area contributed by atoms with E-state index in [1.165, 1.54) is 18.7 Å². The van der Waals surface area contributed by atoms with Crippen LogP contribution in [0.2, 0.25) is 0 Å². The third kappa shape index (κ3) is 1.47. The number of hydrogen-bond donors (Lipinski definition) is 2. The van der Waals surface area contributed by atoms with Crippen molar-refractivity contribution in [3.05, 3.63) is 11.6 Å². The van der Waals surface area contributed by atoms with E-state index < -0.39 is 0 Å². The first-order valence-electron chi connectivity index (χ1n) is 4.42. The molecule has 2 heteroatoms. The summed E-state index contributed by atoms with van der Waals surface area (Å²) in [5, 5.41) is 6.78. The van der Waals surface area contributed by atoms with Crippen molar-refractivity contribution in [1.29, 1.82) is 0 Å². The van der Waals surface area contributed by atoms with Crippen molar-refractivity contribution in [3.63, 3.8) is 0 Å². The third-order valence-corrected chi connectivity index (χ3v) is 2.73. The molecule has 0 radical (unpaired) electrons. The average Bonchev–Trinajstić information content (AvgIpc) is 2.81. The highest BCUT2D eigenvalue weighted by atomic mass is 15.2. The maximum Gasteiger partial charge on any atom is 0.0273 e. The van der Waals surface area contributed by atoms with Gasteiger partial charge in [0.2, 0.25) is 0 Å². The lowest BCUT2D eigenvalue weighted by Crippen LogP contribution is -2.20. The fraction of sp³-hybridized carbons (Fsp3) is 0.778. The first-order chi connectivity index (χ1) is 5.33. The minimum Gasteiger partial charge on any atom is -0.310 e. The van der Waals surface area contributed by atoms with Gasteiger partial charge in [0.25, 0.3) is 0 Å². The minimum atomic E-state index is 0.764. The van der Waals surface area contributed by atoms with E-state index in [0.29, 0.717) is 0 Å². The Morgan fingerprint density at radius 2 is 1.82 bits per heavy atom. The molecule has 0 aliphatic carbocycles. The van der Waals surface area contributed by atoms with Crippen LogP contribution in [0.25, 0.3) is 0 Å². The molecule has 2 nitrogen and oxygen atoms in total. The summed E-state index contributed by atoms with van der Waals surface area (Å²) >= 11 is 0. The van der Waals surface area contributed by atoms with E-state index in [-0.39, 0.29) is 0 Å². The van der Waals surface area contributed by atoms with Crippen molar-refractivity contribution in [2.24, 2.45) is 5.92 Å². The van der Waals surface area contributed by atoms with E-state index in [4.69, 9.17) is 0 Å². The normalized spacial score (nSPS) is 38.5. The zero-order chi connectivity index (χ0) is 7.84. The van der Waals surface area contributed by atoms with Crippen LogP contribution < -0.4 is 10.6 Å². The molecule has 2 atom stereocenters. The van der Waals surface area contributed by atoms with Crippen molar-refractivity contribution < 1.29 is 0 Å². The highest BCUT2D eigenvalue weighted by molar-refractivity contribution is 5.17. The molecule has 2 N–H and O–H groups in total. The molecule has 0 bridgehead atoms. The fourth-order valence-electron chi connectivity index (χ4n) is 1.75. The lowest BCUT2D eigenvalue weighted by Gasteiger charge is -2.13. The molecule has 2 unspecified atom stereocenters. The van der Waals surface area contributed by atoms with Gasteiger partial charge in [0.15, 0.2) is 0 Å². The quantitative estimate of drug-likeness (QED) is 0.457. The topological polar surface area (TPSA) is 43.9 Å². The van der Waals surface area contributed by atoms with Gasteiger partial charge in [0.05, 0.1) is 0 Å². The Kier molecular flexibility index (Phi) is 1.74. The maximum absolute atomic E-state index is 3.39. The van der Waals surface area contributed by atoms with Crippen molar-refractivity contribution in [2.45, 2.75) is 25.9 Å². The lowest BCUT2D eigenvalue weighted by atomic mass is 9.93. The monoisotopic (exact) mass is 152 g/mol. The summed E-state index contributed by atoms with van der Waals surface area (Å²) in [7, 11) is 0. The molecule has 2 heterocycles. The van der Waals surface area contributed by atoms with Crippen LogP contribution in [0.1, 0.15) is 13.8 Å². The molecule has 2 fully saturated rings. The summed E-state index contributed by atoms with van der Waals surface area (Å²) in [6, 6.07) is 1.54. The van der Waals surface area contributed by atoms with Crippen molar-refractivity contribution in [3.8, 4) is 0 Å². The van der Waals surface area contributed by atoms with Gasteiger partial charge in [-0.25, -0.2) is 0 Å². The number of allylic oxidation sites excluding steroid dienone is 1. The molecule has 2 saturated heterocycles. The summed E-state index contributed by atoms with van der Waals surface area (Å²) < 4.78 is 0. The van der Waals surface area contributed by atoms with Gasteiger partial charge < -0.3 is 10.6 Å². The number of hydrogen-bond acceptors (Lipinski definition) is 2. The molecule has 11 heavy (non-hydrogen) atoms. The van der Waals surface area contributed by atoms with Crippen LogP contribution in [-0.4, -0.2) is 25.2 Å². The standard InChI is InChI=1S/C9H16N2/c1-3-6(2)9(7-4-10-7)8-5-11-8/h3,7-11H,4-5H2,1-2H3/b6-3+. The van der Waals surface area contributed by atoms with E-state index in [1.807, 2.05) is 0 Å². The molecule has 2 aliphatic heterocycles. The largest absolute Gasteiger partial charge is 0.310 e. The third-order valence-electron chi connectivity index (χ3n) is 2.73. The molecule has 0 saturated carbocycles. The zero-order valence-corrected chi connectivity index (χ0v) is 7.22. The van der Waals surface area contributed by atoms with Crippen LogP contribution in [0.3, 0.4) is 0 Å². The minimum absolute atomic E-state index is 0.764. The Labute approximate surface area is 68.1 Å². The Bertz CT molecular complexity index is 166. The summed E-state index contributed by atoms with van der Waals surface area (Å²) in [6.45, 7) is 6.81. The van der Waals surface area contributed by atoms with Crippen LogP contribution in [0.15, 0.2) is 11.6 Å². The lowest BCUT2D eigenvalue weighted by molar-refractivity contribution is 0.583. The molecule has 2 rings (SSSR count). The fourth-order valence-corrected chi connectivity index (χ4v) is 1.75. The van der Waals surface area contributed by atoms with Gasteiger partial charge in [-0.3, -0.25) is 0 Å². The SMILES string of the molecule is C/C=C(\C)C(C1CN1)C1CN1. The summed E-state index contributed by atoms with van der Waals surface area (Å²) in [5.74, 6) is 0.764. The molecule has 0 amide bonds. The Morgan fingerprint density at radius 3 is 2.09 bits per heavy atom. The maximum atomic E-state index is 3.39.